The van der Waals surface area contributed by atoms with Gasteiger partial charge in [0.1, 0.15) is 5.75 Å². The number of nitrogens with one attached hydrogen (secondary N) is 1. The standard InChI is InChI=1S/C19H17ClF3NO4/c1-10-4-5-12(8-16(10)27-3)18(26)28-11(2)17(25)24-15-7-6-13(20)9-14(15)19(21,22)23/h4-9,11H,1-3H3,(H,24,25)/t11-/m1/s1. The SMILES string of the molecule is COc1cc(C(=O)O[C@H](C)C(=O)Nc2ccc(Cl)cc2C(F)(F)F)ccc1C. The number of ether oxygens (including phenoxy) is 2. The summed E-state index contributed by atoms with van der Waals surface area (Å²) >= 11 is 5.60. The summed E-state index contributed by atoms with van der Waals surface area (Å²) in [6.07, 6.45) is -6.05. The summed E-state index contributed by atoms with van der Waals surface area (Å²) in [5.41, 5.74) is -0.645. The van der Waals surface area contributed by atoms with Crippen LogP contribution in [0.2, 0.25) is 5.02 Å². The highest BCUT2D eigenvalue weighted by Gasteiger charge is 2.34. The molecule has 0 aliphatic carbocycles. The summed E-state index contributed by atoms with van der Waals surface area (Å²) in [6, 6.07) is 7.52. The van der Waals surface area contributed by atoms with Gasteiger partial charge in [0.2, 0.25) is 0 Å². The fourth-order valence-electron chi connectivity index (χ4n) is 2.32. The van der Waals surface area contributed by atoms with Crippen molar-refractivity contribution >= 4 is 29.2 Å². The Kier molecular flexibility index (Phi) is 6.56. The van der Waals surface area contributed by atoms with Crippen molar-refractivity contribution in [1.29, 1.82) is 0 Å². The molecule has 2 aromatic carbocycles. The number of rotatable bonds is 5. The van der Waals surface area contributed by atoms with Crippen LogP contribution >= 0.6 is 11.6 Å². The highest BCUT2D eigenvalue weighted by atomic mass is 35.5. The van der Waals surface area contributed by atoms with Gasteiger partial charge in [0.05, 0.1) is 23.9 Å². The van der Waals surface area contributed by atoms with E-state index in [1.165, 1.54) is 32.2 Å². The number of carbonyl (C=O) groups excluding carboxylic acids is 2. The van der Waals surface area contributed by atoms with E-state index in [0.717, 1.165) is 11.6 Å². The number of carbonyl (C=O) groups is 2. The van der Waals surface area contributed by atoms with Crippen LogP contribution in [0.25, 0.3) is 0 Å². The number of alkyl halides is 3. The van der Waals surface area contributed by atoms with Gasteiger partial charge in [0.15, 0.2) is 6.10 Å². The second-order valence-electron chi connectivity index (χ2n) is 5.91. The van der Waals surface area contributed by atoms with E-state index in [2.05, 4.69) is 5.32 Å². The molecule has 0 aliphatic heterocycles. The molecule has 28 heavy (non-hydrogen) atoms. The Hall–Kier alpha value is -2.74. The Morgan fingerprint density at radius 3 is 2.43 bits per heavy atom. The van der Waals surface area contributed by atoms with Crippen molar-refractivity contribution in [2.45, 2.75) is 26.1 Å². The topological polar surface area (TPSA) is 64.6 Å². The van der Waals surface area contributed by atoms with Crippen LogP contribution in [0.15, 0.2) is 36.4 Å². The third kappa shape index (κ3) is 5.16. The van der Waals surface area contributed by atoms with Crippen molar-refractivity contribution in [3.8, 4) is 5.75 Å². The quantitative estimate of drug-likeness (QED) is 0.708. The Bertz CT molecular complexity index is 899. The Morgan fingerprint density at radius 1 is 1.14 bits per heavy atom. The van der Waals surface area contributed by atoms with Crippen LogP contribution in [0.4, 0.5) is 18.9 Å². The van der Waals surface area contributed by atoms with Crippen LogP contribution in [0.1, 0.15) is 28.4 Å². The lowest BCUT2D eigenvalue weighted by Crippen LogP contribution is -2.30. The van der Waals surface area contributed by atoms with Crippen LogP contribution in [0, 0.1) is 6.92 Å². The first-order valence-corrected chi connectivity index (χ1v) is 8.44. The normalized spacial score (nSPS) is 12.2. The molecule has 150 valence electrons. The van der Waals surface area contributed by atoms with Crippen LogP contribution in [0.5, 0.6) is 5.75 Å². The van der Waals surface area contributed by atoms with E-state index in [-0.39, 0.29) is 10.6 Å². The molecule has 5 nitrogen and oxygen atoms in total. The van der Waals surface area contributed by atoms with Crippen LogP contribution < -0.4 is 10.1 Å². The van der Waals surface area contributed by atoms with Gasteiger partial charge in [-0.15, -0.1) is 0 Å². The molecular weight excluding hydrogens is 399 g/mol. The fourth-order valence-corrected chi connectivity index (χ4v) is 2.50. The smallest absolute Gasteiger partial charge is 0.418 e. The Balaban J connectivity index is 2.13. The van der Waals surface area contributed by atoms with Gasteiger partial charge in [0, 0.05) is 5.02 Å². The lowest BCUT2D eigenvalue weighted by atomic mass is 10.1. The molecular formula is C19H17ClF3NO4. The van der Waals surface area contributed by atoms with E-state index in [1.807, 2.05) is 0 Å². The fraction of sp³-hybridized carbons (Fsp3) is 0.263. The maximum Gasteiger partial charge on any atom is 0.418 e. The van der Waals surface area contributed by atoms with Crippen molar-refractivity contribution in [3.05, 3.63) is 58.1 Å². The zero-order valence-corrected chi connectivity index (χ0v) is 15.9. The number of methoxy groups -OCH3 is 1. The summed E-state index contributed by atoms with van der Waals surface area (Å²) in [6.45, 7) is 3.04. The number of hydrogen-bond acceptors (Lipinski definition) is 4. The van der Waals surface area contributed by atoms with Crippen molar-refractivity contribution < 1.29 is 32.2 Å². The van der Waals surface area contributed by atoms with Gasteiger partial charge < -0.3 is 14.8 Å². The number of amides is 1. The van der Waals surface area contributed by atoms with Crippen LogP contribution in [-0.2, 0) is 15.7 Å². The van der Waals surface area contributed by atoms with Crippen molar-refractivity contribution in [2.75, 3.05) is 12.4 Å². The summed E-state index contributed by atoms with van der Waals surface area (Å²) in [5, 5.41) is 1.99. The molecule has 9 heteroatoms. The molecule has 1 atom stereocenters. The second-order valence-corrected chi connectivity index (χ2v) is 6.35. The lowest BCUT2D eigenvalue weighted by molar-refractivity contribution is -0.137. The largest absolute Gasteiger partial charge is 0.496 e. The van der Waals surface area contributed by atoms with Crippen molar-refractivity contribution in [1.82, 2.24) is 0 Å². The second kappa shape index (κ2) is 8.52. The first-order valence-electron chi connectivity index (χ1n) is 8.06. The van der Waals surface area contributed by atoms with E-state index in [1.54, 1.807) is 13.0 Å². The minimum Gasteiger partial charge on any atom is -0.496 e. The number of benzene rings is 2. The number of hydrogen-bond donors (Lipinski definition) is 1. The van der Waals surface area contributed by atoms with Gasteiger partial charge >= 0.3 is 12.1 Å². The highest BCUT2D eigenvalue weighted by molar-refractivity contribution is 6.30. The zero-order chi connectivity index (χ0) is 21.1. The van der Waals surface area contributed by atoms with Gasteiger partial charge in [-0.1, -0.05) is 17.7 Å². The Morgan fingerprint density at radius 2 is 1.82 bits per heavy atom. The monoisotopic (exact) mass is 415 g/mol. The van der Waals surface area contributed by atoms with E-state index < -0.39 is 35.4 Å². The molecule has 0 saturated carbocycles. The number of aryl methyl sites for hydroxylation is 1. The molecule has 1 amide bonds. The molecule has 0 radical (unpaired) electrons. The van der Waals surface area contributed by atoms with E-state index in [4.69, 9.17) is 21.1 Å². The number of halogens is 4. The molecule has 0 aromatic heterocycles. The van der Waals surface area contributed by atoms with E-state index in [0.29, 0.717) is 11.8 Å². The summed E-state index contributed by atoms with van der Waals surface area (Å²) in [4.78, 5) is 24.4. The van der Waals surface area contributed by atoms with E-state index >= 15 is 0 Å². The minimum atomic E-state index is -4.72. The predicted molar refractivity (Wildman–Crippen MR) is 97.7 cm³/mol. The first-order chi connectivity index (χ1) is 13.0. The van der Waals surface area contributed by atoms with E-state index in [9.17, 15) is 22.8 Å². The van der Waals surface area contributed by atoms with Gasteiger partial charge in [-0.2, -0.15) is 13.2 Å². The molecule has 0 unspecified atom stereocenters. The number of anilines is 1. The number of esters is 1. The molecule has 0 spiro atoms. The third-order valence-corrected chi connectivity index (χ3v) is 4.08. The molecule has 2 aromatic rings. The molecule has 0 fully saturated rings. The van der Waals surface area contributed by atoms with Crippen LogP contribution in [-0.4, -0.2) is 25.1 Å². The maximum atomic E-state index is 13.1. The first kappa shape index (κ1) is 21.6. The molecule has 0 saturated heterocycles. The van der Waals surface area contributed by atoms with Crippen LogP contribution in [0.3, 0.4) is 0 Å². The van der Waals surface area contributed by atoms with Crippen molar-refractivity contribution in [2.24, 2.45) is 0 Å². The minimum absolute atomic E-state index is 0.127. The average Bonchev–Trinajstić information content (AvgIpc) is 2.62. The zero-order valence-electron chi connectivity index (χ0n) is 15.2. The van der Waals surface area contributed by atoms with Gasteiger partial charge in [-0.25, -0.2) is 4.79 Å². The maximum absolute atomic E-state index is 13.1. The molecule has 0 heterocycles. The van der Waals surface area contributed by atoms with Crippen molar-refractivity contribution in [3.63, 3.8) is 0 Å². The molecule has 0 aliphatic rings. The average molecular weight is 416 g/mol. The molecule has 0 bridgehead atoms. The summed E-state index contributed by atoms with van der Waals surface area (Å²) in [5.74, 6) is -1.27. The van der Waals surface area contributed by atoms with Gasteiger partial charge in [-0.3, -0.25) is 4.79 Å². The van der Waals surface area contributed by atoms with Gasteiger partial charge in [-0.05, 0) is 49.7 Å². The highest BCUT2D eigenvalue weighted by Crippen LogP contribution is 2.36. The Labute approximate surface area is 164 Å². The summed E-state index contributed by atoms with van der Waals surface area (Å²) < 4.78 is 49.5. The molecule has 1 N–H and O–H groups in total. The summed E-state index contributed by atoms with van der Waals surface area (Å²) in [7, 11) is 1.44. The predicted octanol–water partition coefficient (Wildman–Crippen LogP) is 4.86. The van der Waals surface area contributed by atoms with Gasteiger partial charge in [0.25, 0.3) is 5.91 Å². The molecule has 2 rings (SSSR count). The lowest BCUT2D eigenvalue weighted by Gasteiger charge is -2.17. The third-order valence-electron chi connectivity index (χ3n) is 3.84.